The predicted molar refractivity (Wildman–Crippen MR) is 54.9 cm³/mol. The molecule has 1 fully saturated rings. The minimum Gasteiger partial charge on any atom is -0.356 e. The Morgan fingerprint density at radius 3 is 2.85 bits per heavy atom. The second-order valence-corrected chi connectivity index (χ2v) is 4.41. The van der Waals surface area contributed by atoms with Crippen molar-refractivity contribution in [2.24, 2.45) is 11.8 Å². The van der Waals surface area contributed by atoms with E-state index in [-0.39, 0.29) is 5.91 Å². The van der Waals surface area contributed by atoms with E-state index in [1.54, 1.807) is 0 Å². The third kappa shape index (κ3) is 5.14. The zero-order valence-electron chi connectivity index (χ0n) is 8.18. The number of nitrogens with one attached hydrogen (secondary N) is 1. The lowest BCUT2D eigenvalue weighted by atomic mass is 10.1. The molecule has 1 amide bonds. The summed E-state index contributed by atoms with van der Waals surface area (Å²) in [5, 5.41) is 2.94. The van der Waals surface area contributed by atoms with E-state index in [1.165, 1.54) is 12.8 Å². The number of carbonyl (C=O) groups excluding carboxylic acids is 1. The van der Waals surface area contributed by atoms with Crippen LogP contribution in [0.5, 0.6) is 0 Å². The molecule has 1 atom stereocenters. The van der Waals surface area contributed by atoms with E-state index in [4.69, 9.17) is 11.6 Å². The quantitative estimate of drug-likeness (QED) is 0.659. The summed E-state index contributed by atoms with van der Waals surface area (Å²) >= 11 is 5.59. The van der Waals surface area contributed by atoms with Gasteiger partial charge in [0, 0.05) is 18.8 Å². The van der Waals surface area contributed by atoms with E-state index in [9.17, 15) is 4.79 Å². The van der Waals surface area contributed by atoms with Crippen LogP contribution >= 0.6 is 11.6 Å². The molecule has 0 saturated heterocycles. The minimum absolute atomic E-state index is 0.212. The third-order valence-corrected chi connectivity index (χ3v) is 2.64. The number of hydrogen-bond acceptors (Lipinski definition) is 1. The molecule has 0 aromatic carbocycles. The van der Waals surface area contributed by atoms with Crippen molar-refractivity contribution < 1.29 is 4.79 Å². The molecule has 1 aliphatic carbocycles. The van der Waals surface area contributed by atoms with Gasteiger partial charge >= 0.3 is 0 Å². The average Bonchev–Trinajstić information content (AvgIpc) is 2.85. The van der Waals surface area contributed by atoms with Crippen LogP contribution in [-0.4, -0.2) is 18.3 Å². The van der Waals surface area contributed by atoms with Gasteiger partial charge in [0.1, 0.15) is 0 Å². The molecule has 1 unspecified atom stereocenters. The second-order valence-electron chi connectivity index (χ2n) is 4.03. The Kier molecular flexibility index (Phi) is 4.57. The van der Waals surface area contributed by atoms with Crippen molar-refractivity contribution in [1.82, 2.24) is 5.32 Å². The lowest BCUT2D eigenvalue weighted by Crippen LogP contribution is -2.28. The molecule has 0 radical (unpaired) electrons. The molecule has 0 bridgehead atoms. The van der Waals surface area contributed by atoms with Crippen LogP contribution in [0.15, 0.2) is 0 Å². The predicted octanol–water partition coefficient (Wildman–Crippen LogP) is 2.17. The fraction of sp³-hybridized carbons (Fsp3) is 0.900. The van der Waals surface area contributed by atoms with E-state index < -0.39 is 0 Å². The Hall–Kier alpha value is -0.240. The zero-order valence-corrected chi connectivity index (χ0v) is 8.94. The molecular weight excluding hydrogens is 186 g/mol. The van der Waals surface area contributed by atoms with Crippen LogP contribution in [0, 0.1) is 11.8 Å². The number of rotatable bonds is 6. The largest absolute Gasteiger partial charge is 0.356 e. The van der Waals surface area contributed by atoms with Crippen LogP contribution in [-0.2, 0) is 4.79 Å². The summed E-state index contributed by atoms with van der Waals surface area (Å²) in [5.74, 6) is 2.08. The van der Waals surface area contributed by atoms with E-state index in [0.29, 0.717) is 17.7 Å². The highest BCUT2D eigenvalue weighted by Gasteiger charge is 2.24. The maximum absolute atomic E-state index is 11.3. The fourth-order valence-corrected chi connectivity index (χ4v) is 1.61. The number of hydrogen-bond donors (Lipinski definition) is 1. The van der Waals surface area contributed by atoms with Gasteiger partial charge in [-0.15, -0.1) is 11.6 Å². The SMILES string of the molecule is CC(CCCl)CNC(=O)CC1CC1. The highest BCUT2D eigenvalue weighted by atomic mass is 35.5. The summed E-state index contributed by atoms with van der Waals surface area (Å²) in [6.07, 6.45) is 4.19. The normalized spacial score (nSPS) is 18.3. The zero-order chi connectivity index (χ0) is 9.68. The Balaban J connectivity index is 1.99. The molecule has 76 valence electrons. The van der Waals surface area contributed by atoms with Gasteiger partial charge in [0.15, 0.2) is 0 Å². The highest BCUT2D eigenvalue weighted by molar-refractivity contribution is 6.17. The van der Waals surface area contributed by atoms with Gasteiger partial charge in [0.2, 0.25) is 5.91 Å². The topological polar surface area (TPSA) is 29.1 Å². The first kappa shape index (κ1) is 10.8. The number of alkyl halides is 1. The molecule has 0 spiro atoms. The first-order chi connectivity index (χ1) is 6.22. The molecule has 2 nitrogen and oxygen atoms in total. The highest BCUT2D eigenvalue weighted by Crippen LogP contribution is 2.32. The molecular formula is C10H18ClNO. The first-order valence-electron chi connectivity index (χ1n) is 5.05. The molecule has 0 aromatic heterocycles. The first-order valence-corrected chi connectivity index (χ1v) is 5.58. The summed E-state index contributed by atoms with van der Waals surface area (Å²) in [6, 6.07) is 0. The van der Waals surface area contributed by atoms with Crippen molar-refractivity contribution in [2.75, 3.05) is 12.4 Å². The smallest absolute Gasteiger partial charge is 0.220 e. The van der Waals surface area contributed by atoms with Crippen molar-refractivity contribution in [1.29, 1.82) is 0 Å². The summed E-state index contributed by atoms with van der Waals surface area (Å²) < 4.78 is 0. The van der Waals surface area contributed by atoms with E-state index in [1.807, 2.05) is 0 Å². The van der Waals surface area contributed by atoms with Gasteiger partial charge in [-0.25, -0.2) is 0 Å². The van der Waals surface area contributed by atoms with Crippen LogP contribution in [0.25, 0.3) is 0 Å². The molecule has 1 aliphatic rings. The van der Waals surface area contributed by atoms with Gasteiger partial charge in [-0.2, -0.15) is 0 Å². The van der Waals surface area contributed by atoms with Crippen molar-refractivity contribution >= 4 is 17.5 Å². The number of amides is 1. The number of halogens is 1. The van der Waals surface area contributed by atoms with Crippen molar-refractivity contribution in [2.45, 2.75) is 32.6 Å². The molecule has 1 N–H and O–H groups in total. The summed E-state index contributed by atoms with van der Waals surface area (Å²) in [4.78, 5) is 11.3. The minimum atomic E-state index is 0.212. The van der Waals surface area contributed by atoms with Gasteiger partial charge in [-0.05, 0) is 31.1 Å². The molecule has 1 rings (SSSR count). The molecule has 0 aromatic rings. The molecule has 1 saturated carbocycles. The number of carbonyl (C=O) groups is 1. The standard InChI is InChI=1S/C10H18ClNO/c1-8(4-5-11)7-12-10(13)6-9-2-3-9/h8-9H,2-7H2,1H3,(H,12,13). The van der Waals surface area contributed by atoms with Gasteiger partial charge in [-0.3, -0.25) is 4.79 Å². The van der Waals surface area contributed by atoms with Crippen LogP contribution < -0.4 is 5.32 Å². The molecule has 13 heavy (non-hydrogen) atoms. The average molecular weight is 204 g/mol. The summed E-state index contributed by atoms with van der Waals surface area (Å²) in [6.45, 7) is 2.89. The van der Waals surface area contributed by atoms with Crippen LogP contribution in [0.2, 0.25) is 0 Å². The Labute approximate surface area is 85.0 Å². The van der Waals surface area contributed by atoms with Gasteiger partial charge < -0.3 is 5.32 Å². The van der Waals surface area contributed by atoms with Gasteiger partial charge in [0.25, 0.3) is 0 Å². The Bertz CT molecular complexity index is 168. The molecule has 0 heterocycles. The Morgan fingerprint density at radius 2 is 2.31 bits per heavy atom. The molecule has 3 heteroatoms. The van der Waals surface area contributed by atoms with E-state index in [0.717, 1.165) is 19.4 Å². The fourth-order valence-electron chi connectivity index (χ4n) is 1.23. The van der Waals surface area contributed by atoms with Crippen molar-refractivity contribution in [3.05, 3.63) is 0 Å². The Morgan fingerprint density at radius 1 is 1.62 bits per heavy atom. The maximum atomic E-state index is 11.3. The van der Waals surface area contributed by atoms with E-state index >= 15 is 0 Å². The van der Waals surface area contributed by atoms with E-state index in [2.05, 4.69) is 12.2 Å². The lowest BCUT2D eigenvalue weighted by Gasteiger charge is -2.10. The summed E-state index contributed by atoms with van der Waals surface area (Å²) in [5.41, 5.74) is 0. The molecule has 0 aliphatic heterocycles. The maximum Gasteiger partial charge on any atom is 0.220 e. The van der Waals surface area contributed by atoms with Gasteiger partial charge in [-0.1, -0.05) is 6.92 Å². The van der Waals surface area contributed by atoms with Crippen molar-refractivity contribution in [3.8, 4) is 0 Å². The van der Waals surface area contributed by atoms with Gasteiger partial charge in [0.05, 0.1) is 0 Å². The summed E-state index contributed by atoms with van der Waals surface area (Å²) in [7, 11) is 0. The monoisotopic (exact) mass is 203 g/mol. The van der Waals surface area contributed by atoms with Crippen molar-refractivity contribution in [3.63, 3.8) is 0 Å². The second kappa shape index (κ2) is 5.48. The lowest BCUT2D eigenvalue weighted by molar-refractivity contribution is -0.121. The van der Waals surface area contributed by atoms with Crippen LogP contribution in [0.3, 0.4) is 0 Å². The third-order valence-electron chi connectivity index (χ3n) is 2.42. The van der Waals surface area contributed by atoms with Crippen LogP contribution in [0.4, 0.5) is 0 Å². The van der Waals surface area contributed by atoms with Crippen LogP contribution in [0.1, 0.15) is 32.6 Å².